The molecule has 0 N–H and O–H groups in total. The zero-order valence-corrected chi connectivity index (χ0v) is 18.2. The maximum absolute atomic E-state index is 13.5. The van der Waals surface area contributed by atoms with Crippen LogP contribution in [0, 0.1) is 25.2 Å². The first kappa shape index (κ1) is 21.3. The Morgan fingerprint density at radius 2 is 1.84 bits per heavy atom. The number of esters is 1. The number of carbonyl (C=O) groups is 2. The quantitative estimate of drug-likeness (QED) is 0.520. The molecule has 5 nitrogen and oxygen atoms in total. The summed E-state index contributed by atoms with van der Waals surface area (Å²) in [6, 6.07) is 22.7. The lowest BCUT2D eigenvalue weighted by Crippen LogP contribution is -2.32. The van der Waals surface area contributed by atoms with E-state index < -0.39 is 0 Å². The number of anilines is 1. The van der Waals surface area contributed by atoms with Crippen LogP contribution >= 0.6 is 0 Å². The largest absolute Gasteiger partial charge is 0.454 e. The Hall–Kier alpha value is -3.91. The highest BCUT2D eigenvalue weighted by molar-refractivity contribution is 6.07. The topological polar surface area (TPSA) is 70.4 Å². The van der Waals surface area contributed by atoms with E-state index in [2.05, 4.69) is 6.07 Å². The molecule has 160 valence electrons. The third-order valence-corrected chi connectivity index (χ3v) is 5.89. The molecule has 5 heteroatoms. The predicted octanol–water partition coefficient (Wildman–Crippen LogP) is 5.32. The number of amides is 1. The summed E-state index contributed by atoms with van der Waals surface area (Å²) in [6.45, 7) is 4.32. The van der Waals surface area contributed by atoms with Gasteiger partial charge in [-0.3, -0.25) is 4.79 Å². The molecule has 0 aliphatic carbocycles. The van der Waals surface area contributed by atoms with E-state index in [4.69, 9.17) is 10.00 Å². The van der Waals surface area contributed by atoms with Crippen molar-refractivity contribution in [3.63, 3.8) is 0 Å². The number of ether oxygens (including phenoxy) is 1. The predicted molar refractivity (Wildman–Crippen MR) is 123 cm³/mol. The second-order valence-electron chi connectivity index (χ2n) is 8.01. The number of aryl methyl sites for hydroxylation is 2. The number of fused-ring (bicyclic) bond motifs is 1. The smallest absolute Gasteiger partial charge is 0.339 e. The van der Waals surface area contributed by atoms with Crippen LogP contribution in [-0.2, 0) is 11.2 Å². The Morgan fingerprint density at radius 1 is 1.06 bits per heavy atom. The number of nitrogens with zero attached hydrogens (tertiary/aromatic N) is 2. The van der Waals surface area contributed by atoms with E-state index in [0.29, 0.717) is 24.1 Å². The van der Waals surface area contributed by atoms with Gasteiger partial charge in [-0.1, -0.05) is 36.4 Å². The molecule has 4 rings (SSSR count). The molecule has 1 heterocycles. The van der Waals surface area contributed by atoms with E-state index >= 15 is 0 Å². The summed E-state index contributed by atoms with van der Waals surface area (Å²) in [4.78, 5) is 27.7. The van der Waals surface area contributed by atoms with Crippen molar-refractivity contribution in [2.75, 3.05) is 11.4 Å². The van der Waals surface area contributed by atoms with Crippen LogP contribution in [0.25, 0.3) is 0 Å². The minimum Gasteiger partial charge on any atom is -0.454 e. The van der Waals surface area contributed by atoms with E-state index in [1.807, 2.05) is 62.4 Å². The first-order chi connectivity index (χ1) is 15.5. The third-order valence-electron chi connectivity index (χ3n) is 5.89. The van der Waals surface area contributed by atoms with E-state index in [-0.39, 0.29) is 24.4 Å². The highest BCUT2D eigenvalue weighted by atomic mass is 16.5. The molecule has 0 fully saturated rings. The van der Waals surface area contributed by atoms with Crippen LogP contribution in [0.5, 0.6) is 0 Å². The summed E-state index contributed by atoms with van der Waals surface area (Å²) in [7, 11) is 0. The average molecular weight is 425 g/mol. The molecule has 1 atom stereocenters. The molecule has 0 bridgehead atoms. The van der Waals surface area contributed by atoms with Crippen molar-refractivity contribution >= 4 is 17.6 Å². The van der Waals surface area contributed by atoms with Gasteiger partial charge in [0.1, 0.15) is 6.10 Å². The van der Waals surface area contributed by atoms with Crippen LogP contribution in [0.4, 0.5) is 5.69 Å². The van der Waals surface area contributed by atoms with Crippen molar-refractivity contribution in [1.82, 2.24) is 0 Å². The molecule has 3 aromatic rings. The zero-order chi connectivity index (χ0) is 22.7. The van der Waals surface area contributed by atoms with Gasteiger partial charge in [0.2, 0.25) is 0 Å². The van der Waals surface area contributed by atoms with Crippen molar-refractivity contribution in [2.45, 2.75) is 32.8 Å². The second-order valence-corrected chi connectivity index (χ2v) is 8.01. The standard InChI is InChI=1S/C27H24N2O3/c1-18-9-11-23(15-19(18)2)29(14-6-13-28)26(30)21-10-12-24-22(16-21)17-25(32-27(24)31)20-7-4-3-5-8-20/h3-5,7-12,15-16,25H,6,14,17H2,1-2H3. The van der Waals surface area contributed by atoms with E-state index in [9.17, 15) is 9.59 Å². The van der Waals surface area contributed by atoms with Crippen molar-refractivity contribution in [2.24, 2.45) is 0 Å². The minimum absolute atomic E-state index is 0.193. The van der Waals surface area contributed by atoms with Crippen molar-refractivity contribution in [3.8, 4) is 6.07 Å². The van der Waals surface area contributed by atoms with Crippen LogP contribution in [0.2, 0.25) is 0 Å². The molecule has 1 aliphatic heterocycles. The maximum atomic E-state index is 13.5. The number of hydrogen-bond acceptors (Lipinski definition) is 4. The fraction of sp³-hybridized carbons (Fsp3) is 0.222. The monoisotopic (exact) mass is 424 g/mol. The first-order valence-corrected chi connectivity index (χ1v) is 10.6. The highest BCUT2D eigenvalue weighted by Crippen LogP contribution is 2.31. The van der Waals surface area contributed by atoms with Crippen molar-refractivity contribution < 1.29 is 14.3 Å². The molecule has 0 saturated carbocycles. The van der Waals surface area contributed by atoms with Crippen LogP contribution in [0.1, 0.15) is 55.5 Å². The highest BCUT2D eigenvalue weighted by Gasteiger charge is 2.29. The molecule has 0 radical (unpaired) electrons. The SMILES string of the molecule is Cc1ccc(N(CCC#N)C(=O)c2ccc3c(c2)CC(c2ccccc2)OC3=O)cc1C. The second kappa shape index (κ2) is 9.07. The molecule has 0 saturated heterocycles. The molecule has 0 aromatic heterocycles. The Labute approximate surface area is 187 Å². The van der Waals surface area contributed by atoms with Gasteiger partial charge in [0.05, 0.1) is 18.1 Å². The number of cyclic esters (lactones) is 1. The van der Waals surface area contributed by atoms with Gasteiger partial charge < -0.3 is 9.64 Å². The lowest BCUT2D eigenvalue weighted by molar-refractivity contribution is 0.0252. The van der Waals surface area contributed by atoms with E-state index in [1.54, 1.807) is 23.1 Å². The first-order valence-electron chi connectivity index (χ1n) is 10.6. The maximum Gasteiger partial charge on any atom is 0.339 e. The molecule has 1 aliphatic rings. The molecule has 1 unspecified atom stereocenters. The molecular weight excluding hydrogens is 400 g/mol. The van der Waals surface area contributed by atoms with Gasteiger partial charge in [0, 0.05) is 24.2 Å². The van der Waals surface area contributed by atoms with Crippen LogP contribution < -0.4 is 4.90 Å². The summed E-state index contributed by atoms with van der Waals surface area (Å²) in [5, 5.41) is 9.10. The number of rotatable bonds is 5. The van der Waals surface area contributed by atoms with Gasteiger partial charge in [-0.2, -0.15) is 5.26 Å². The summed E-state index contributed by atoms with van der Waals surface area (Å²) in [6.07, 6.45) is 0.357. The third kappa shape index (κ3) is 4.26. The van der Waals surface area contributed by atoms with Crippen molar-refractivity contribution in [3.05, 3.63) is 100 Å². The zero-order valence-electron chi connectivity index (χ0n) is 18.2. The van der Waals surface area contributed by atoms with Crippen LogP contribution in [0.15, 0.2) is 66.7 Å². The van der Waals surface area contributed by atoms with Crippen molar-refractivity contribution in [1.29, 1.82) is 5.26 Å². The minimum atomic E-state index is -0.380. The summed E-state index contributed by atoms with van der Waals surface area (Å²) >= 11 is 0. The number of hydrogen-bond donors (Lipinski definition) is 0. The van der Waals surface area contributed by atoms with Gasteiger partial charge in [0.25, 0.3) is 5.91 Å². The van der Waals surface area contributed by atoms with Crippen LogP contribution in [0.3, 0.4) is 0 Å². The molecule has 0 spiro atoms. The fourth-order valence-corrected chi connectivity index (χ4v) is 3.94. The van der Waals surface area contributed by atoms with E-state index in [0.717, 1.165) is 27.9 Å². The Bertz CT molecular complexity index is 1210. The summed E-state index contributed by atoms with van der Waals surface area (Å²) < 4.78 is 5.62. The fourth-order valence-electron chi connectivity index (χ4n) is 3.94. The Balaban J connectivity index is 1.66. The van der Waals surface area contributed by atoms with Crippen LogP contribution in [-0.4, -0.2) is 18.4 Å². The number of benzene rings is 3. The van der Waals surface area contributed by atoms with Gasteiger partial charge in [-0.15, -0.1) is 0 Å². The molecule has 1 amide bonds. The average Bonchev–Trinajstić information content (AvgIpc) is 2.81. The van der Waals surface area contributed by atoms with Gasteiger partial charge in [-0.05, 0) is 66.4 Å². The van der Waals surface area contributed by atoms with E-state index in [1.165, 1.54) is 0 Å². The van der Waals surface area contributed by atoms with Gasteiger partial charge >= 0.3 is 5.97 Å². The normalized spacial score (nSPS) is 14.8. The number of nitriles is 1. The Morgan fingerprint density at radius 3 is 2.56 bits per heavy atom. The summed E-state index contributed by atoms with van der Waals surface area (Å²) in [5.74, 6) is -0.573. The Kier molecular flexibility index (Phi) is 6.04. The lowest BCUT2D eigenvalue weighted by Gasteiger charge is -2.26. The molecule has 3 aromatic carbocycles. The summed E-state index contributed by atoms with van der Waals surface area (Å²) in [5.41, 5.74) is 5.67. The van der Waals surface area contributed by atoms with Gasteiger partial charge in [0.15, 0.2) is 0 Å². The molecular formula is C27H24N2O3. The lowest BCUT2D eigenvalue weighted by atomic mass is 9.93. The number of carbonyl (C=O) groups excluding carboxylic acids is 2. The van der Waals surface area contributed by atoms with Gasteiger partial charge in [-0.25, -0.2) is 4.79 Å². The molecule has 32 heavy (non-hydrogen) atoms.